The van der Waals surface area contributed by atoms with Crippen LogP contribution in [0.3, 0.4) is 0 Å². The van der Waals surface area contributed by atoms with Crippen molar-refractivity contribution < 1.29 is 9.32 Å². The molecule has 1 aliphatic carbocycles. The van der Waals surface area contributed by atoms with E-state index < -0.39 is 0 Å². The number of nitrogens with zero attached hydrogens (tertiary/aromatic N) is 4. The van der Waals surface area contributed by atoms with E-state index in [9.17, 15) is 4.79 Å². The molecule has 0 atom stereocenters. The lowest BCUT2D eigenvalue weighted by Crippen LogP contribution is -2.27. The maximum atomic E-state index is 12.5. The molecule has 0 unspecified atom stereocenters. The fourth-order valence-corrected chi connectivity index (χ4v) is 3.35. The van der Waals surface area contributed by atoms with Gasteiger partial charge in [0.2, 0.25) is 11.8 Å². The third-order valence-corrected chi connectivity index (χ3v) is 5.55. The van der Waals surface area contributed by atoms with E-state index in [1.54, 1.807) is 11.9 Å². The first kappa shape index (κ1) is 17.7. The number of fused-ring (bicyclic) bond motifs is 1. The number of imidazole rings is 1. The Balaban J connectivity index is 1.34. The number of aryl methyl sites for hydroxylation is 3. The number of rotatable bonds is 6. The number of hydrogen-bond acceptors (Lipinski definition) is 5. The van der Waals surface area contributed by atoms with E-state index in [0.717, 1.165) is 29.7 Å². The summed E-state index contributed by atoms with van der Waals surface area (Å²) in [6.45, 7) is 4.52. The number of benzene rings is 1. The highest BCUT2D eigenvalue weighted by atomic mass is 16.5. The lowest BCUT2D eigenvalue weighted by Gasteiger charge is -2.20. The summed E-state index contributed by atoms with van der Waals surface area (Å²) >= 11 is 0. The molecule has 4 rings (SSSR count). The molecule has 0 bridgehead atoms. The molecule has 1 saturated carbocycles. The third kappa shape index (κ3) is 3.59. The summed E-state index contributed by atoms with van der Waals surface area (Å²) < 4.78 is 5.32. The van der Waals surface area contributed by atoms with Crippen molar-refractivity contribution >= 4 is 16.9 Å². The number of carbonyl (C=O) groups excluding carboxylic acids is 1. The number of aromatic amines is 1. The van der Waals surface area contributed by atoms with Gasteiger partial charge < -0.3 is 14.4 Å². The van der Waals surface area contributed by atoms with Crippen molar-refractivity contribution in [3.63, 3.8) is 0 Å². The van der Waals surface area contributed by atoms with Gasteiger partial charge in [-0.1, -0.05) is 17.6 Å². The molecule has 7 nitrogen and oxygen atoms in total. The largest absolute Gasteiger partial charge is 0.342 e. The second kappa shape index (κ2) is 7.13. The van der Waals surface area contributed by atoms with Crippen molar-refractivity contribution in [1.29, 1.82) is 0 Å². The Morgan fingerprint density at radius 1 is 1.30 bits per heavy atom. The molecule has 1 N–H and O–H groups in total. The van der Waals surface area contributed by atoms with Gasteiger partial charge in [0.25, 0.3) is 0 Å². The maximum Gasteiger partial charge on any atom is 0.229 e. The van der Waals surface area contributed by atoms with Crippen molar-refractivity contribution in [2.45, 2.75) is 58.4 Å². The molecule has 0 radical (unpaired) electrons. The molecule has 0 saturated heterocycles. The van der Waals surface area contributed by atoms with Gasteiger partial charge in [-0.2, -0.15) is 4.98 Å². The Bertz CT molecular complexity index is 970. The second-order valence-corrected chi connectivity index (χ2v) is 7.51. The molecule has 7 heteroatoms. The predicted octanol–water partition coefficient (Wildman–Crippen LogP) is 3.42. The summed E-state index contributed by atoms with van der Waals surface area (Å²) in [6.07, 6.45) is 4.43. The van der Waals surface area contributed by atoms with Crippen LogP contribution >= 0.6 is 0 Å². The fraction of sp³-hybridized carbons (Fsp3) is 0.500. The molecule has 27 heavy (non-hydrogen) atoms. The zero-order valence-electron chi connectivity index (χ0n) is 16.1. The Hall–Kier alpha value is -2.70. The van der Waals surface area contributed by atoms with Gasteiger partial charge in [0, 0.05) is 25.8 Å². The highest BCUT2D eigenvalue weighted by molar-refractivity contribution is 5.80. The molecule has 142 valence electrons. The van der Waals surface area contributed by atoms with E-state index in [-0.39, 0.29) is 5.91 Å². The van der Waals surface area contributed by atoms with Crippen LogP contribution in [0.15, 0.2) is 16.7 Å². The molecule has 2 heterocycles. The van der Waals surface area contributed by atoms with E-state index in [1.807, 2.05) is 6.07 Å². The minimum atomic E-state index is 0.0401. The molecular formula is C20H25N5O2. The summed E-state index contributed by atoms with van der Waals surface area (Å²) in [5, 5.41) is 4.01. The normalized spacial score (nSPS) is 14.5. The van der Waals surface area contributed by atoms with Gasteiger partial charge in [-0.25, -0.2) is 4.98 Å². The predicted molar refractivity (Wildman–Crippen MR) is 101 cm³/mol. The zero-order chi connectivity index (χ0) is 19.0. The molecule has 0 spiro atoms. The van der Waals surface area contributed by atoms with Crippen molar-refractivity contribution in [2.24, 2.45) is 0 Å². The van der Waals surface area contributed by atoms with Crippen LogP contribution in [0.4, 0.5) is 0 Å². The fourth-order valence-electron chi connectivity index (χ4n) is 3.35. The van der Waals surface area contributed by atoms with Crippen LogP contribution in [-0.2, 0) is 17.8 Å². The second-order valence-electron chi connectivity index (χ2n) is 7.51. The Morgan fingerprint density at radius 3 is 2.85 bits per heavy atom. The molecule has 1 fully saturated rings. The Kier molecular flexibility index (Phi) is 4.68. The van der Waals surface area contributed by atoms with Gasteiger partial charge >= 0.3 is 0 Å². The van der Waals surface area contributed by atoms with Crippen molar-refractivity contribution in [1.82, 2.24) is 25.0 Å². The van der Waals surface area contributed by atoms with Gasteiger partial charge in [-0.05, 0) is 43.9 Å². The minimum absolute atomic E-state index is 0.0401. The summed E-state index contributed by atoms with van der Waals surface area (Å²) in [6, 6.07) is 4.12. The smallest absolute Gasteiger partial charge is 0.229 e. The van der Waals surface area contributed by atoms with E-state index in [4.69, 9.17) is 4.52 Å². The monoisotopic (exact) mass is 367 g/mol. The highest BCUT2D eigenvalue weighted by Gasteiger charge is 2.25. The average Bonchev–Trinajstić information content (AvgIpc) is 3.22. The van der Waals surface area contributed by atoms with E-state index in [2.05, 4.69) is 40.0 Å². The maximum absolute atomic E-state index is 12.5. The number of amides is 1. The van der Waals surface area contributed by atoms with Crippen LogP contribution in [0.2, 0.25) is 0 Å². The van der Waals surface area contributed by atoms with Crippen molar-refractivity contribution in [3.8, 4) is 0 Å². The lowest BCUT2D eigenvalue weighted by molar-refractivity contribution is -0.130. The van der Waals surface area contributed by atoms with Gasteiger partial charge in [0.1, 0.15) is 5.82 Å². The molecule has 1 amide bonds. The molecule has 1 aromatic carbocycles. The topological polar surface area (TPSA) is 87.9 Å². The summed E-state index contributed by atoms with van der Waals surface area (Å²) in [5.41, 5.74) is 4.40. The van der Waals surface area contributed by atoms with Crippen LogP contribution < -0.4 is 0 Å². The van der Waals surface area contributed by atoms with Gasteiger partial charge in [-0.15, -0.1) is 0 Å². The van der Waals surface area contributed by atoms with E-state index in [0.29, 0.717) is 37.0 Å². The first-order chi connectivity index (χ1) is 13.0. The first-order valence-electron chi connectivity index (χ1n) is 9.52. The van der Waals surface area contributed by atoms with Crippen LogP contribution in [0.5, 0.6) is 0 Å². The van der Waals surface area contributed by atoms with E-state index in [1.165, 1.54) is 17.5 Å². The van der Waals surface area contributed by atoms with Gasteiger partial charge in [0.15, 0.2) is 5.82 Å². The van der Waals surface area contributed by atoms with Crippen LogP contribution in [0, 0.1) is 13.8 Å². The van der Waals surface area contributed by atoms with Crippen LogP contribution in [-0.4, -0.2) is 38.0 Å². The third-order valence-electron chi connectivity index (χ3n) is 5.55. The zero-order valence-corrected chi connectivity index (χ0v) is 16.1. The minimum Gasteiger partial charge on any atom is -0.342 e. The van der Waals surface area contributed by atoms with Crippen molar-refractivity contribution in [3.05, 3.63) is 40.8 Å². The molecule has 0 aliphatic heterocycles. The van der Waals surface area contributed by atoms with Gasteiger partial charge in [0.05, 0.1) is 17.6 Å². The van der Waals surface area contributed by atoms with Gasteiger partial charge in [-0.3, -0.25) is 4.79 Å². The highest BCUT2D eigenvalue weighted by Crippen LogP contribution is 2.35. The number of H-pyrrole nitrogens is 1. The lowest BCUT2D eigenvalue weighted by atomic mass is 9.85. The standard InChI is InChI=1S/C20H25N5O2/c1-12-7-8-15-19(13(12)2)22-16(21-15)9-10-18(26)25(3)11-17-23-20(27-24-17)14-5-4-6-14/h7-8,14H,4-6,9-11H2,1-3H3,(H,21,22). The van der Waals surface area contributed by atoms with E-state index >= 15 is 0 Å². The number of hydrogen-bond donors (Lipinski definition) is 1. The summed E-state index contributed by atoms with van der Waals surface area (Å²) in [4.78, 5) is 26.5. The number of aromatic nitrogens is 4. The SMILES string of the molecule is Cc1ccc2[nH]c(CCC(=O)N(C)Cc3noc(C4CCC4)n3)nc2c1C. The van der Waals surface area contributed by atoms with Crippen LogP contribution in [0.25, 0.3) is 11.0 Å². The first-order valence-corrected chi connectivity index (χ1v) is 9.52. The molecule has 3 aromatic rings. The number of nitrogens with one attached hydrogen (secondary N) is 1. The molecular weight excluding hydrogens is 342 g/mol. The molecule has 1 aliphatic rings. The summed E-state index contributed by atoms with van der Waals surface area (Å²) in [7, 11) is 1.77. The average molecular weight is 367 g/mol. The Morgan fingerprint density at radius 2 is 2.11 bits per heavy atom. The van der Waals surface area contributed by atoms with Crippen molar-refractivity contribution in [2.75, 3.05) is 7.05 Å². The Labute approximate surface area is 158 Å². The quantitative estimate of drug-likeness (QED) is 0.721. The molecule has 2 aromatic heterocycles. The van der Waals surface area contributed by atoms with Crippen LogP contribution in [0.1, 0.15) is 60.3 Å². The summed E-state index contributed by atoms with van der Waals surface area (Å²) in [5.74, 6) is 2.57. The number of carbonyl (C=O) groups is 1.